The first-order chi connectivity index (χ1) is 5.81. The van der Waals surface area contributed by atoms with Gasteiger partial charge in [0.05, 0.1) is 6.54 Å². The molecule has 0 saturated carbocycles. The standard InChI is InChI=1S/C9H17BrN2O/c1-7(10)5-11-8(13)6-12-9(2,3)4/h12H,1,5-6H2,2-4H3,(H,11,13). The molecule has 0 aliphatic rings. The normalized spacial score (nSPS) is 11.1. The second-order valence-corrected chi connectivity index (χ2v) is 5.02. The summed E-state index contributed by atoms with van der Waals surface area (Å²) in [6, 6.07) is 0. The van der Waals surface area contributed by atoms with Gasteiger partial charge in [-0.2, -0.15) is 0 Å². The molecule has 76 valence electrons. The highest BCUT2D eigenvalue weighted by Crippen LogP contribution is 1.98. The van der Waals surface area contributed by atoms with Crippen LogP contribution in [0.5, 0.6) is 0 Å². The minimum Gasteiger partial charge on any atom is -0.350 e. The Bertz CT molecular complexity index is 196. The first-order valence-corrected chi connectivity index (χ1v) is 4.95. The summed E-state index contributed by atoms with van der Waals surface area (Å²) in [5, 5.41) is 5.80. The SMILES string of the molecule is C=C(Br)CNC(=O)CNC(C)(C)C. The fourth-order valence-corrected chi connectivity index (χ4v) is 0.743. The maximum atomic E-state index is 11.2. The lowest BCUT2D eigenvalue weighted by Gasteiger charge is -2.19. The van der Waals surface area contributed by atoms with E-state index in [1.807, 2.05) is 20.8 Å². The zero-order valence-electron chi connectivity index (χ0n) is 8.41. The van der Waals surface area contributed by atoms with Crippen molar-refractivity contribution in [2.24, 2.45) is 0 Å². The van der Waals surface area contributed by atoms with Gasteiger partial charge >= 0.3 is 0 Å². The molecular formula is C9H17BrN2O. The molecule has 4 heteroatoms. The molecule has 0 saturated heterocycles. The van der Waals surface area contributed by atoms with E-state index in [9.17, 15) is 4.79 Å². The lowest BCUT2D eigenvalue weighted by Crippen LogP contribution is -2.43. The van der Waals surface area contributed by atoms with Crippen LogP contribution in [0.25, 0.3) is 0 Å². The zero-order chi connectivity index (χ0) is 10.5. The van der Waals surface area contributed by atoms with E-state index < -0.39 is 0 Å². The average molecular weight is 249 g/mol. The lowest BCUT2D eigenvalue weighted by atomic mass is 10.1. The number of halogens is 1. The summed E-state index contributed by atoms with van der Waals surface area (Å²) >= 11 is 3.16. The molecule has 0 heterocycles. The number of hydrogen-bond acceptors (Lipinski definition) is 2. The molecule has 0 radical (unpaired) electrons. The van der Waals surface area contributed by atoms with Crippen molar-refractivity contribution in [1.29, 1.82) is 0 Å². The molecule has 0 aromatic heterocycles. The number of amides is 1. The van der Waals surface area contributed by atoms with Crippen LogP contribution < -0.4 is 10.6 Å². The van der Waals surface area contributed by atoms with Gasteiger partial charge in [-0.25, -0.2) is 0 Å². The lowest BCUT2D eigenvalue weighted by molar-refractivity contribution is -0.120. The summed E-state index contributed by atoms with van der Waals surface area (Å²) in [5.41, 5.74) is -0.0250. The zero-order valence-corrected chi connectivity index (χ0v) is 9.99. The van der Waals surface area contributed by atoms with Crippen molar-refractivity contribution in [2.75, 3.05) is 13.1 Å². The van der Waals surface area contributed by atoms with Gasteiger partial charge in [0, 0.05) is 16.6 Å². The summed E-state index contributed by atoms with van der Waals surface area (Å²) in [5.74, 6) is -0.0180. The fourth-order valence-electron chi connectivity index (χ4n) is 0.602. The molecule has 0 rings (SSSR count). The first-order valence-electron chi connectivity index (χ1n) is 4.16. The van der Waals surface area contributed by atoms with Crippen molar-refractivity contribution in [3.05, 3.63) is 11.1 Å². The summed E-state index contributed by atoms with van der Waals surface area (Å²) in [4.78, 5) is 11.2. The Morgan fingerprint density at radius 1 is 1.38 bits per heavy atom. The number of rotatable bonds is 4. The Morgan fingerprint density at radius 3 is 2.31 bits per heavy atom. The second-order valence-electron chi connectivity index (χ2n) is 3.90. The maximum absolute atomic E-state index is 11.2. The van der Waals surface area contributed by atoms with Gasteiger partial charge in [0.25, 0.3) is 0 Å². The molecule has 0 aliphatic carbocycles. The second kappa shape index (κ2) is 5.40. The van der Waals surface area contributed by atoms with E-state index in [0.717, 1.165) is 4.48 Å². The van der Waals surface area contributed by atoms with Crippen LogP contribution in [-0.4, -0.2) is 24.5 Å². The number of hydrogen-bond donors (Lipinski definition) is 2. The molecule has 0 aliphatic heterocycles. The fraction of sp³-hybridized carbons (Fsp3) is 0.667. The van der Waals surface area contributed by atoms with E-state index in [1.165, 1.54) is 0 Å². The highest BCUT2D eigenvalue weighted by atomic mass is 79.9. The molecule has 0 aromatic carbocycles. The Balaban J connectivity index is 3.58. The van der Waals surface area contributed by atoms with Gasteiger partial charge in [0.15, 0.2) is 0 Å². The number of nitrogens with one attached hydrogen (secondary N) is 2. The molecular weight excluding hydrogens is 232 g/mol. The van der Waals surface area contributed by atoms with Crippen LogP contribution in [0, 0.1) is 0 Å². The maximum Gasteiger partial charge on any atom is 0.234 e. The van der Waals surface area contributed by atoms with Crippen LogP contribution in [0.1, 0.15) is 20.8 Å². The van der Waals surface area contributed by atoms with Gasteiger partial charge in [-0.15, -0.1) is 0 Å². The molecule has 0 fully saturated rings. The summed E-state index contributed by atoms with van der Waals surface area (Å²) < 4.78 is 0.775. The summed E-state index contributed by atoms with van der Waals surface area (Å²) in [6.45, 7) is 10.5. The van der Waals surface area contributed by atoms with E-state index in [0.29, 0.717) is 13.1 Å². The van der Waals surface area contributed by atoms with Crippen molar-refractivity contribution < 1.29 is 4.79 Å². The monoisotopic (exact) mass is 248 g/mol. The molecule has 0 atom stereocenters. The van der Waals surface area contributed by atoms with Crippen LogP contribution in [-0.2, 0) is 4.79 Å². The molecule has 3 nitrogen and oxygen atoms in total. The highest BCUT2D eigenvalue weighted by molar-refractivity contribution is 9.11. The highest BCUT2D eigenvalue weighted by Gasteiger charge is 2.10. The van der Waals surface area contributed by atoms with Crippen LogP contribution in [0.3, 0.4) is 0 Å². The minimum absolute atomic E-state index is 0.0180. The third-order valence-electron chi connectivity index (χ3n) is 1.26. The van der Waals surface area contributed by atoms with Gasteiger partial charge < -0.3 is 10.6 Å². The molecule has 0 bridgehead atoms. The minimum atomic E-state index is -0.0250. The smallest absolute Gasteiger partial charge is 0.234 e. The Hall–Kier alpha value is -0.350. The van der Waals surface area contributed by atoms with Gasteiger partial charge in [-0.3, -0.25) is 4.79 Å². The Kier molecular flexibility index (Phi) is 5.25. The van der Waals surface area contributed by atoms with Crippen molar-refractivity contribution in [3.8, 4) is 0 Å². The molecule has 0 spiro atoms. The average Bonchev–Trinajstić information content (AvgIpc) is 1.95. The van der Waals surface area contributed by atoms with Gasteiger partial charge in [-0.1, -0.05) is 22.5 Å². The van der Waals surface area contributed by atoms with E-state index >= 15 is 0 Å². The van der Waals surface area contributed by atoms with Crippen LogP contribution in [0.15, 0.2) is 11.1 Å². The van der Waals surface area contributed by atoms with E-state index in [1.54, 1.807) is 0 Å². The van der Waals surface area contributed by atoms with Gasteiger partial charge in [0.1, 0.15) is 0 Å². The topological polar surface area (TPSA) is 41.1 Å². The summed E-state index contributed by atoms with van der Waals surface area (Å²) in [7, 11) is 0. The number of carbonyl (C=O) groups is 1. The molecule has 13 heavy (non-hydrogen) atoms. The van der Waals surface area contributed by atoms with Crippen molar-refractivity contribution in [1.82, 2.24) is 10.6 Å². The van der Waals surface area contributed by atoms with E-state index in [-0.39, 0.29) is 11.4 Å². The molecule has 0 aromatic rings. The predicted octanol–water partition coefficient (Wildman–Crippen LogP) is 1.40. The first kappa shape index (κ1) is 12.7. The predicted molar refractivity (Wildman–Crippen MR) is 58.8 cm³/mol. The molecule has 2 N–H and O–H groups in total. The van der Waals surface area contributed by atoms with Crippen molar-refractivity contribution >= 4 is 21.8 Å². The molecule has 0 unspecified atom stereocenters. The third kappa shape index (κ3) is 9.56. The third-order valence-corrected chi connectivity index (χ3v) is 1.54. The quantitative estimate of drug-likeness (QED) is 0.790. The summed E-state index contributed by atoms with van der Waals surface area (Å²) in [6.07, 6.45) is 0. The van der Waals surface area contributed by atoms with Crippen LogP contribution >= 0.6 is 15.9 Å². The molecule has 1 amide bonds. The van der Waals surface area contributed by atoms with Crippen LogP contribution in [0.4, 0.5) is 0 Å². The van der Waals surface area contributed by atoms with Crippen LogP contribution in [0.2, 0.25) is 0 Å². The van der Waals surface area contributed by atoms with Gasteiger partial charge in [0.2, 0.25) is 5.91 Å². The van der Waals surface area contributed by atoms with Gasteiger partial charge in [-0.05, 0) is 20.8 Å². The van der Waals surface area contributed by atoms with E-state index in [2.05, 4.69) is 33.1 Å². The van der Waals surface area contributed by atoms with Crippen molar-refractivity contribution in [3.63, 3.8) is 0 Å². The largest absolute Gasteiger partial charge is 0.350 e. The Labute approximate surface area is 88.1 Å². The number of carbonyl (C=O) groups excluding carboxylic acids is 1. The van der Waals surface area contributed by atoms with E-state index in [4.69, 9.17) is 0 Å². The van der Waals surface area contributed by atoms with Crippen molar-refractivity contribution in [2.45, 2.75) is 26.3 Å². The Morgan fingerprint density at radius 2 is 1.92 bits per heavy atom.